The lowest BCUT2D eigenvalue weighted by Crippen LogP contribution is -2.28. The van der Waals surface area contributed by atoms with Gasteiger partial charge < -0.3 is 14.5 Å². The van der Waals surface area contributed by atoms with Crippen LogP contribution in [0.2, 0.25) is 0 Å². The second kappa shape index (κ2) is 10.8. The Morgan fingerprint density at radius 1 is 1.17 bits per heavy atom. The van der Waals surface area contributed by atoms with Crippen molar-refractivity contribution >= 4 is 17.7 Å². The molecule has 2 aromatic carbocycles. The summed E-state index contributed by atoms with van der Waals surface area (Å²) in [7, 11) is 1.68. The molecule has 0 aliphatic rings. The van der Waals surface area contributed by atoms with E-state index in [1.807, 2.05) is 50.2 Å². The van der Waals surface area contributed by atoms with Crippen molar-refractivity contribution < 1.29 is 13.9 Å². The van der Waals surface area contributed by atoms with E-state index in [0.29, 0.717) is 17.5 Å². The van der Waals surface area contributed by atoms with Crippen LogP contribution in [-0.2, 0) is 17.6 Å². The average Bonchev–Trinajstić information content (AvgIpc) is 3.21. The first-order valence-corrected chi connectivity index (χ1v) is 11.0. The number of nitrogens with zero attached hydrogens (tertiary/aromatic N) is 2. The maximum Gasteiger partial charge on any atom is 0.277 e. The maximum absolute atomic E-state index is 12.2. The van der Waals surface area contributed by atoms with Gasteiger partial charge >= 0.3 is 0 Å². The zero-order valence-corrected chi connectivity index (χ0v) is 18.4. The third kappa shape index (κ3) is 6.35. The van der Waals surface area contributed by atoms with Gasteiger partial charge in [-0.15, -0.1) is 10.2 Å². The summed E-state index contributed by atoms with van der Waals surface area (Å²) in [5.74, 6) is 1.68. The number of aromatic nitrogens is 2. The summed E-state index contributed by atoms with van der Waals surface area (Å²) < 4.78 is 11.0. The van der Waals surface area contributed by atoms with Gasteiger partial charge in [-0.2, -0.15) is 0 Å². The fourth-order valence-corrected chi connectivity index (χ4v) is 3.76. The lowest BCUT2D eigenvalue weighted by Gasteiger charge is -2.13. The number of methoxy groups -OCH3 is 1. The lowest BCUT2D eigenvalue weighted by atomic mass is 10.1. The summed E-state index contributed by atoms with van der Waals surface area (Å²) in [6.45, 7) is 4.01. The Kier molecular flexibility index (Phi) is 7.90. The van der Waals surface area contributed by atoms with Crippen LogP contribution in [0.1, 0.15) is 42.0 Å². The highest BCUT2D eigenvalue weighted by atomic mass is 32.2. The molecule has 0 saturated carbocycles. The number of ether oxygens (including phenoxy) is 1. The van der Waals surface area contributed by atoms with Crippen LogP contribution in [-0.4, -0.2) is 29.0 Å². The molecule has 30 heavy (non-hydrogen) atoms. The minimum Gasteiger partial charge on any atom is -0.496 e. The molecule has 0 bridgehead atoms. The molecule has 0 spiro atoms. The van der Waals surface area contributed by atoms with Crippen molar-refractivity contribution in [3.05, 3.63) is 71.1 Å². The van der Waals surface area contributed by atoms with E-state index in [4.69, 9.17) is 9.15 Å². The average molecular weight is 426 g/mol. The first-order chi connectivity index (χ1) is 14.5. The van der Waals surface area contributed by atoms with Crippen LogP contribution in [0, 0.1) is 6.92 Å². The van der Waals surface area contributed by atoms with E-state index in [0.717, 1.165) is 29.7 Å². The quantitative estimate of drug-likeness (QED) is 0.481. The van der Waals surface area contributed by atoms with E-state index < -0.39 is 0 Å². The van der Waals surface area contributed by atoms with Crippen LogP contribution >= 0.6 is 11.8 Å². The van der Waals surface area contributed by atoms with Gasteiger partial charge in [-0.25, -0.2) is 0 Å². The van der Waals surface area contributed by atoms with Crippen molar-refractivity contribution in [1.82, 2.24) is 15.5 Å². The largest absolute Gasteiger partial charge is 0.496 e. The van der Waals surface area contributed by atoms with Crippen LogP contribution in [0.5, 0.6) is 5.75 Å². The summed E-state index contributed by atoms with van der Waals surface area (Å²) >= 11 is 1.26. The smallest absolute Gasteiger partial charge is 0.277 e. The summed E-state index contributed by atoms with van der Waals surface area (Å²) in [6, 6.07) is 16.0. The van der Waals surface area contributed by atoms with Gasteiger partial charge in [0.1, 0.15) is 5.75 Å². The number of rotatable bonds is 10. The fourth-order valence-electron chi connectivity index (χ4n) is 3.17. The predicted molar refractivity (Wildman–Crippen MR) is 118 cm³/mol. The molecule has 0 fully saturated rings. The topological polar surface area (TPSA) is 77.2 Å². The molecular formula is C23H27N3O3S. The van der Waals surface area contributed by atoms with Crippen molar-refractivity contribution in [3.63, 3.8) is 0 Å². The van der Waals surface area contributed by atoms with Gasteiger partial charge in [0.25, 0.3) is 5.22 Å². The normalized spacial score (nSPS) is 11.8. The molecule has 1 aromatic heterocycles. The number of nitrogens with one attached hydrogen (secondary N) is 1. The van der Waals surface area contributed by atoms with Gasteiger partial charge in [0.2, 0.25) is 11.8 Å². The number of hydrogen-bond acceptors (Lipinski definition) is 6. The van der Waals surface area contributed by atoms with Gasteiger partial charge in [-0.05, 0) is 49.4 Å². The molecule has 1 atom stereocenters. The number of carbonyl (C=O) groups excluding carboxylic acids is 1. The second-order valence-corrected chi connectivity index (χ2v) is 8.03. The van der Waals surface area contributed by atoms with E-state index >= 15 is 0 Å². The van der Waals surface area contributed by atoms with Crippen molar-refractivity contribution in [1.29, 1.82) is 0 Å². The Morgan fingerprint density at radius 2 is 1.97 bits per heavy atom. The number of thioether (sulfide) groups is 1. The number of amides is 1. The Hall–Kier alpha value is -2.80. The lowest BCUT2D eigenvalue weighted by molar-refractivity contribution is -0.119. The molecule has 0 aliphatic carbocycles. The summed E-state index contributed by atoms with van der Waals surface area (Å²) in [6.07, 6.45) is 2.54. The molecule has 3 aromatic rings. The molecule has 3 rings (SSSR count). The molecule has 158 valence electrons. The Morgan fingerprint density at radius 3 is 2.70 bits per heavy atom. The van der Waals surface area contributed by atoms with Crippen LogP contribution in [0.3, 0.4) is 0 Å². The molecule has 1 heterocycles. The minimum atomic E-state index is -0.0639. The Bertz CT molecular complexity index is 959. The summed E-state index contributed by atoms with van der Waals surface area (Å²) in [5, 5.41) is 11.5. The highest BCUT2D eigenvalue weighted by Gasteiger charge is 2.13. The van der Waals surface area contributed by atoms with E-state index in [1.54, 1.807) is 7.11 Å². The monoisotopic (exact) mass is 425 g/mol. The summed E-state index contributed by atoms with van der Waals surface area (Å²) in [5.41, 5.74) is 3.46. The molecule has 0 aliphatic heterocycles. The minimum absolute atomic E-state index is 0.0425. The van der Waals surface area contributed by atoms with Crippen molar-refractivity contribution in [2.24, 2.45) is 0 Å². The molecule has 0 radical (unpaired) electrons. The molecule has 7 heteroatoms. The third-order valence-corrected chi connectivity index (χ3v) is 5.59. The highest BCUT2D eigenvalue weighted by Crippen LogP contribution is 2.21. The van der Waals surface area contributed by atoms with Gasteiger partial charge in [-0.3, -0.25) is 4.79 Å². The predicted octanol–water partition coefficient (Wildman–Crippen LogP) is 4.53. The van der Waals surface area contributed by atoms with E-state index in [-0.39, 0.29) is 17.7 Å². The molecule has 1 amide bonds. The van der Waals surface area contributed by atoms with Crippen LogP contribution in [0.15, 0.2) is 58.2 Å². The number of hydrogen-bond donors (Lipinski definition) is 1. The molecule has 6 nitrogen and oxygen atoms in total. The maximum atomic E-state index is 12.2. The number of benzene rings is 2. The van der Waals surface area contributed by atoms with Gasteiger partial charge in [0, 0.05) is 6.42 Å². The Labute approximate surface area is 181 Å². The zero-order chi connectivity index (χ0) is 21.3. The van der Waals surface area contributed by atoms with Crippen molar-refractivity contribution in [2.75, 3.05) is 12.9 Å². The standard InChI is InChI=1S/C23H27N3O3S/c1-16-14-18(12-13-20(16)28-3)8-7-11-22-25-26-23(29-22)30-15-21(27)24-17(2)19-9-5-4-6-10-19/h4-6,9-10,12-14,17H,7-8,11,15H2,1-3H3,(H,24,27)/t17-/m1/s1. The molecule has 0 unspecified atom stereocenters. The summed E-state index contributed by atoms with van der Waals surface area (Å²) in [4.78, 5) is 12.2. The molecule has 1 N–H and O–H groups in total. The molecule has 0 saturated heterocycles. The first-order valence-electron chi connectivity index (χ1n) is 9.98. The van der Waals surface area contributed by atoms with E-state index in [9.17, 15) is 4.79 Å². The van der Waals surface area contributed by atoms with Crippen LogP contribution < -0.4 is 10.1 Å². The highest BCUT2D eigenvalue weighted by molar-refractivity contribution is 7.99. The van der Waals surface area contributed by atoms with Crippen molar-refractivity contribution in [3.8, 4) is 5.75 Å². The van der Waals surface area contributed by atoms with Crippen LogP contribution in [0.25, 0.3) is 0 Å². The Balaban J connectivity index is 1.40. The number of carbonyl (C=O) groups is 1. The molecular weight excluding hydrogens is 398 g/mol. The van der Waals surface area contributed by atoms with Crippen LogP contribution in [0.4, 0.5) is 0 Å². The van der Waals surface area contributed by atoms with Crippen molar-refractivity contribution in [2.45, 2.75) is 44.4 Å². The van der Waals surface area contributed by atoms with Gasteiger partial charge in [0.15, 0.2) is 0 Å². The van der Waals surface area contributed by atoms with Gasteiger partial charge in [0.05, 0.1) is 18.9 Å². The second-order valence-electron chi connectivity index (χ2n) is 7.11. The fraction of sp³-hybridized carbons (Fsp3) is 0.348. The van der Waals surface area contributed by atoms with E-state index in [1.165, 1.54) is 17.3 Å². The first kappa shape index (κ1) is 21.9. The van der Waals surface area contributed by atoms with E-state index in [2.05, 4.69) is 27.6 Å². The zero-order valence-electron chi connectivity index (χ0n) is 17.6. The van der Waals surface area contributed by atoms with Gasteiger partial charge in [-0.1, -0.05) is 54.2 Å². The number of aryl methyl sites for hydroxylation is 3. The third-order valence-electron chi connectivity index (χ3n) is 4.77. The SMILES string of the molecule is COc1ccc(CCCc2nnc(SCC(=O)N[C@H](C)c3ccccc3)o2)cc1C.